The van der Waals surface area contributed by atoms with E-state index in [9.17, 15) is 0 Å². The number of thiocarbonyl (C=S) groups is 1. The molecule has 2 heterocycles. The Kier molecular flexibility index (Phi) is 3.19. The molecule has 0 atom stereocenters. The summed E-state index contributed by atoms with van der Waals surface area (Å²) in [5, 5.41) is 8.07. The van der Waals surface area contributed by atoms with Crippen molar-refractivity contribution in [3.8, 4) is 0 Å². The van der Waals surface area contributed by atoms with E-state index in [2.05, 4.69) is 19.9 Å². The number of para-hydroxylation sites is 2. The smallest absolute Gasteiger partial charge is 0.117 e. The van der Waals surface area contributed by atoms with Crippen molar-refractivity contribution in [2.75, 3.05) is 0 Å². The number of imidazole rings is 1. The predicted octanol–water partition coefficient (Wildman–Crippen LogP) is 1.04. The molecule has 0 bridgehead atoms. The second kappa shape index (κ2) is 5.01. The maximum absolute atomic E-state index is 5.66. The van der Waals surface area contributed by atoms with Crippen molar-refractivity contribution < 1.29 is 0 Å². The molecule has 1 aromatic carbocycles. The van der Waals surface area contributed by atoms with E-state index >= 15 is 0 Å². The highest BCUT2D eigenvalue weighted by atomic mass is 32.1. The largest absolute Gasteiger partial charge is 0.393 e. The zero-order chi connectivity index (χ0) is 14.1. The van der Waals surface area contributed by atoms with Gasteiger partial charge in [-0.2, -0.15) is 0 Å². The lowest BCUT2D eigenvalue weighted by Crippen LogP contribution is -2.16. The molecular formula is C13H14N6S. The molecule has 0 saturated carbocycles. The molecule has 0 amide bonds. The van der Waals surface area contributed by atoms with Crippen molar-refractivity contribution in [1.29, 1.82) is 0 Å². The van der Waals surface area contributed by atoms with Gasteiger partial charge in [0, 0.05) is 13.2 Å². The third-order valence-corrected chi connectivity index (χ3v) is 3.18. The van der Waals surface area contributed by atoms with Crippen molar-refractivity contribution in [3.63, 3.8) is 0 Å². The first-order valence-corrected chi connectivity index (χ1v) is 6.62. The average Bonchev–Trinajstić information content (AvgIpc) is 2.95. The summed E-state index contributed by atoms with van der Waals surface area (Å²) in [5.41, 5.74) is 8.51. The van der Waals surface area contributed by atoms with E-state index in [1.807, 2.05) is 37.5 Å². The number of rotatable bonds is 4. The Morgan fingerprint density at radius 3 is 2.85 bits per heavy atom. The van der Waals surface area contributed by atoms with E-state index in [0.29, 0.717) is 18.0 Å². The number of benzene rings is 1. The Bertz CT molecular complexity index is 772. The van der Waals surface area contributed by atoms with Crippen molar-refractivity contribution in [1.82, 2.24) is 24.5 Å². The van der Waals surface area contributed by atoms with E-state index in [1.54, 1.807) is 4.68 Å². The minimum atomic E-state index is 0.431. The molecule has 102 valence electrons. The summed E-state index contributed by atoms with van der Waals surface area (Å²) in [6.07, 6.45) is 2.36. The average molecular weight is 286 g/mol. The first-order chi connectivity index (χ1) is 9.63. The molecule has 20 heavy (non-hydrogen) atoms. The summed E-state index contributed by atoms with van der Waals surface area (Å²) >= 11 is 5.00. The number of aryl methyl sites for hydroxylation is 1. The van der Waals surface area contributed by atoms with Crippen LogP contribution in [0.5, 0.6) is 0 Å². The highest BCUT2D eigenvalue weighted by Crippen LogP contribution is 2.17. The van der Waals surface area contributed by atoms with Crippen molar-refractivity contribution >= 4 is 28.2 Å². The molecule has 0 spiro atoms. The van der Waals surface area contributed by atoms with Gasteiger partial charge in [-0.15, -0.1) is 5.10 Å². The van der Waals surface area contributed by atoms with Crippen molar-refractivity contribution in [3.05, 3.63) is 42.0 Å². The Balaban J connectivity index is 2.08. The minimum absolute atomic E-state index is 0.431. The van der Waals surface area contributed by atoms with Gasteiger partial charge in [0.1, 0.15) is 11.5 Å². The fourth-order valence-electron chi connectivity index (χ4n) is 2.22. The molecule has 0 unspecified atom stereocenters. The van der Waals surface area contributed by atoms with Crippen molar-refractivity contribution in [2.45, 2.75) is 13.0 Å². The first-order valence-electron chi connectivity index (χ1n) is 6.21. The van der Waals surface area contributed by atoms with Gasteiger partial charge in [0.2, 0.25) is 0 Å². The first kappa shape index (κ1) is 12.7. The normalized spacial score (nSPS) is 11.1. The molecule has 0 saturated heterocycles. The lowest BCUT2D eigenvalue weighted by molar-refractivity contribution is 0.708. The molecule has 7 heteroatoms. The summed E-state index contributed by atoms with van der Waals surface area (Å²) in [5.74, 6) is 0.851. The van der Waals surface area contributed by atoms with E-state index in [1.165, 1.54) is 0 Å². The van der Waals surface area contributed by atoms with E-state index in [4.69, 9.17) is 18.0 Å². The van der Waals surface area contributed by atoms with Crippen LogP contribution in [0.4, 0.5) is 0 Å². The molecule has 2 N–H and O–H groups in total. The van der Waals surface area contributed by atoms with E-state index < -0.39 is 0 Å². The number of hydrogen-bond donors (Lipinski definition) is 1. The lowest BCUT2D eigenvalue weighted by atomic mass is 10.3. The van der Waals surface area contributed by atoms with Gasteiger partial charge in [-0.25, -0.2) is 4.98 Å². The van der Waals surface area contributed by atoms with Crippen molar-refractivity contribution in [2.24, 2.45) is 12.8 Å². The third-order valence-electron chi connectivity index (χ3n) is 3.04. The zero-order valence-electron chi connectivity index (χ0n) is 11.0. The molecule has 3 aromatic rings. The Morgan fingerprint density at radius 2 is 2.15 bits per heavy atom. The molecule has 0 fully saturated rings. The molecule has 0 aliphatic heterocycles. The predicted molar refractivity (Wildman–Crippen MR) is 80.3 cm³/mol. The molecule has 3 rings (SSSR count). The summed E-state index contributed by atoms with van der Waals surface area (Å²) in [6.45, 7) is 0.603. The van der Waals surface area contributed by atoms with Crippen LogP contribution in [-0.2, 0) is 20.0 Å². The van der Waals surface area contributed by atoms with Gasteiger partial charge in [-0.05, 0) is 12.1 Å². The summed E-state index contributed by atoms with van der Waals surface area (Å²) in [4.78, 5) is 5.03. The third kappa shape index (κ3) is 2.39. The Labute approximate surface area is 121 Å². The highest BCUT2D eigenvalue weighted by molar-refractivity contribution is 7.80. The van der Waals surface area contributed by atoms with Crippen LogP contribution in [0.2, 0.25) is 0 Å². The maximum atomic E-state index is 5.66. The SMILES string of the molecule is Cn1cc(Cn2c(CC(N)=S)nc3ccccc32)nn1. The zero-order valence-corrected chi connectivity index (χ0v) is 11.8. The molecule has 6 nitrogen and oxygen atoms in total. The summed E-state index contributed by atoms with van der Waals surface area (Å²) in [7, 11) is 1.85. The fraction of sp³-hybridized carbons (Fsp3) is 0.231. The number of nitrogens with zero attached hydrogens (tertiary/aromatic N) is 5. The van der Waals surface area contributed by atoms with Gasteiger partial charge in [0.05, 0.1) is 29.0 Å². The van der Waals surface area contributed by atoms with Gasteiger partial charge in [0.15, 0.2) is 0 Å². The second-order valence-electron chi connectivity index (χ2n) is 4.63. The number of hydrogen-bond acceptors (Lipinski definition) is 4. The van der Waals surface area contributed by atoms with Gasteiger partial charge >= 0.3 is 0 Å². The molecule has 0 aliphatic rings. The lowest BCUT2D eigenvalue weighted by Gasteiger charge is -2.06. The van der Waals surface area contributed by atoms with Crippen LogP contribution in [0.15, 0.2) is 30.5 Å². The quantitative estimate of drug-likeness (QED) is 0.725. The van der Waals surface area contributed by atoms with Crippen LogP contribution in [-0.4, -0.2) is 29.5 Å². The summed E-state index contributed by atoms with van der Waals surface area (Å²) in [6, 6.07) is 7.96. The standard InChI is InChI=1S/C13H14N6S/c1-18-7-9(16-17-18)8-19-11-5-3-2-4-10(11)15-13(19)6-12(14)20/h2-5,7H,6,8H2,1H3,(H2,14,20). The highest BCUT2D eigenvalue weighted by Gasteiger charge is 2.12. The Morgan fingerprint density at radius 1 is 1.35 bits per heavy atom. The molecule has 0 radical (unpaired) electrons. The van der Waals surface area contributed by atoms with E-state index in [0.717, 1.165) is 22.6 Å². The van der Waals surface area contributed by atoms with Crippen LogP contribution in [0.1, 0.15) is 11.5 Å². The van der Waals surface area contributed by atoms with Gasteiger partial charge in [-0.3, -0.25) is 4.68 Å². The van der Waals surface area contributed by atoms with Gasteiger partial charge in [0.25, 0.3) is 0 Å². The topological polar surface area (TPSA) is 74.5 Å². The number of nitrogens with two attached hydrogens (primary N) is 1. The Hall–Kier alpha value is -2.28. The fourth-order valence-corrected chi connectivity index (χ4v) is 2.35. The minimum Gasteiger partial charge on any atom is -0.393 e. The molecular weight excluding hydrogens is 272 g/mol. The van der Waals surface area contributed by atoms with Crippen LogP contribution in [0.3, 0.4) is 0 Å². The van der Waals surface area contributed by atoms with Crippen LogP contribution < -0.4 is 5.73 Å². The monoisotopic (exact) mass is 286 g/mol. The molecule has 2 aromatic heterocycles. The number of aromatic nitrogens is 5. The van der Waals surface area contributed by atoms with Crippen LogP contribution >= 0.6 is 12.2 Å². The summed E-state index contributed by atoms with van der Waals surface area (Å²) < 4.78 is 3.76. The van der Waals surface area contributed by atoms with Gasteiger partial charge < -0.3 is 10.3 Å². The van der Waals surface area contributed by atoms with E-state index in [-0.39, 0.29) is 0 Å². The number of fused-ring (bicyclic) bond motifs is 1. The maximum Gasteiger partial charge on any atom is 0.117 e. The molecule has 0 aliphatic carbocycles. The van der Waals surface area contributed by atoms with Crippen LogP contribution in [0.25, 0.3) is 11.0 Å². The van der Waals surface area contributed by atoms with Crippen LogP contribution in [0, 0.1) is 0 Å². The van der Waals surface area contributed by atoms with Gasteiger partial charge in [-0.1, -0.05) is 29.6 Å². The second-order valence-corrected chi connectivity index (χ2v) is 5.15.